The minimum atomic E-state index is -3.76. The van der Waals surface area contributed by atoms with Crippen LogP contribution in [-0.4, -0.2) is 39.3 Å². The molecule has 2 N–H and O–H groups in total. The van der Waals surface area contributed by atoms with Gasteiger partial charge in [-0.2, -0.15) is 0 Å². The van der Waals surface area contributed by atoms with Crippen LogP contribution in [0.1, 0.15) is 36.9 Å². The van der Waals surface area contributed by atoms with Crippen molar-refractivity contribution in [1.29, 1.82) is 0 Å². The number of hydrogen-bond donors (Lipinski definition) is 2. The molecule has 3 rings (SSSR count). The van der Waals surface area contributed by atoms with Crippen molar-refractivity contribution in [2.24, 2.45) is 0 Å². The van der Waals surface area contributed by atoms with Crippen molar-refractivity contribution in [3.63, 3.8) is 0 Å². The zero-order valence-corrected chi connectivity index (χ0v) is 16.9. The summed E-state index contributed by atoms with van der Waals surface area (Å²) in [4.78, 5) is 4.46. The first-order valence-corrected chi connectivity index (χ1v) is 10.9. The van der Waals surface area contributed by atoms with Crippen LogP contribution >= 0.6 is 0 Å². The van der Waals surface area contributed by atoms with Crippen molar-refractivity contribution in [2.75, 3.05) is 24.5 Å². The Morgan fingerprint density at radius 2 is 2.04 bits per heavy atom. The first-order chi connectivity index (χ1) is 13.4. The van der Waals surface area contributed by atoms with E-state index in [1.807, 2.05) is 0 Å². The largest absolute Gasteiger partial charge is 0.476 e. The number of nitrogens with one attached hydrogen (secondary N) is 2. The second-order valence-corrected chi connectivity index (χ2v) is 8.80. The maximum absolute atomic E-state index is 12.8. The van der Waals surface area contributed by atoms with E-state index in [1.54, 1.807) is 38.1 Å². The topological polar surface area (TPSA) is 80.3 Å². The van der Waals surface area contributed by atoms with E-state index in [0.29, 0.717) is 29.9 Å². The zero-order valence-electron chi connectivity index (χ0n) is 16.1. The molecule has 0 spiro atoms. The maximum atomic E-state index is 12.8. The lowest BCUT2D eigenvalue weighted by molar-refractivity contribution is 0.267. The highest BCUT2D eigenvalue weighted by Gasteiger charge is 2.18. The first kappa shape index (κ1) is 20.5. The number of aryl methyl sites for hydroxylation is 1. The number of anilines is 1. The molecule has 8 heteroatoms. The number of benzene rings is 1. The van der Waals surface area contributed by atoms with Crippen molar-refractivity contribution >= 4 is 15.7 Å². The highest BCUT2D eigenvalue weighted by atomic mass is 32.2. The van der Waals surface area contributed by atoms with Crippen molar-refractivity contribution in [2.45, 2.75) is 43.5 Å². The molecule has 1 saturated heterocycles. The molecule has 152 valence electrons. The molecule has 28 heavy (non-hydrogen) atoms. The summed E-state index contributed by atoms with van der Waals surface area (Å²) < 4.78 is 46.3. The lowest BCUT2D eigenvalue weighted by Gasteiger charge is -2.14. The molecule has 6 nitrogen and oxygen atoms in total. The van der Waals surface area contributed by atoms with E-state index in [1.165, 1.54) is 12.1 Å². The van der Waals surface area contributed by atoms with E-state index in [0.717, 1.165) is 24.9 Å². The first-order valence-electron chi connectivity index (χ1n) is 9.41. The van der Waals surface area contributed by atoms with Gasteiger partial charge in [-0.15, -0.1) is 0 Å². The van der Waals surface area contributed by atoms with Crippen LogP contribution < -0.4 is 14.8 Å². The van der Waals surface area contributed by atoms with E-state index in [4.69, 9.17) is 4.74 Å². The number of hydrogen-bond acceptors (Lipinski definition) is 5. The smallest absolute Gasteiger partial charge is 0.261 e. The van der Waals surface area contributed by atoms with Crippen LogP contribution in [0, 0.1) is 6.92 Å². The van der Waals surface area contributed by atoms with Gasteiger partial charge in [0.25, 0.3) is 10.0 Å². The predicted octanol–water partition coefficient (Wildman–Crippen LogP) is 3.39. The van der Waals surface area contributed by atoms with Crippen LogP contribution in [0.3, 0.4) is 0 Å². The second-order valence-electron chi connectivity index (χ2n) is 7.12. The second kappa shape index (κ2) is 8.87. The molecular formula is C20H26FN3O3S. The molecule has 1 aliphatic rings. The van der Waals surface area contributed by atoms with Gasteiger partial charge in [-0.1, -0.05) is 19.1 Å². The molecule has 1 aromatic carbocycles. The third-order valence-corrected chi connectivity index (χ3v) is 6.27. The normalized spacial score (nSPS) is 18.0. The molecule has 0 aliphatic carbocycles. The van der Waals surface area contributed by atoms with Crippen LogP contribution in [0.2, 0.25) is 0 Å². The number of ether oxygens (including phenoxy) is 1. The average molecular weight is 408 g/mol. The van der Waals surface area contributed by atoms with Gasteiger partial charge in [-0.25, -0.2) is 13.4 Å². The summed E-state index contributed by atoms with van der Waals surface area (Å²) in [5, 5.41) is 3.35. The fraction of sp³-hybridized carbons (Fsp3) is 0.450. The number of alkyl halides is 1. The van der Waals surface area contributed by atoms with Crippen molar-refractivity contribution in [3.05, 3.63) is 47.7 Å². The number of aromatic nitrogens is 1. The molecule has 0 amide bonds. The van der Waals surface area contributed by atoms with Gasteiger partial charge in [0.05, 0.1) is 23.0 Å². The van der Waals surface area contributed by atoms with Gasteiger partial charge in [0.1, 0.15) is 6.61 Å². The molecule has 1 fully saturated rings. The number of halogens is 1. The Balaban J connectivity index is 1.67. The summed E-state index contributed by atoms with van der Waals surface area (Å²) in [6, 6.07) is 9.89. The fourth-order valence-corrected chi connectivity index (χ4v) is 4.20. The Morgan fingerprint density at radius 3 is 2.64 bits per heavy atom. The van der Waals surface area contributed by atoms with Gasteiger partial charge in [0.2, 0.25) is 5.88 Å². The van der Waals surface area contributed by atoms with Crippen molar-refractivity contribution < 1.29 is 17.5 Å². The lowest BCUT2D eigenvalue weighted by Crippen LogP contribution is -2.28. The molecule has 0 saturated carbocycles. The van der Waals surface area contributed by atoms with Gasteiger partial charge in [-0.3, -0.25) is 9.11 Å². The Bertz CT molecular complexity index is 897. The van der Waals surface area contributed by atoms with Crippen LogP contribution in [0.25, 0.3) is 0 Å². The molecule has 1 unspecified atom stereocenters. The Morgan fingerprint density at radius 1 is 1.29 bits per heavy atom. The van der Waals surface area contributed by atoms with Crippen molar-refractivity contribution in [1.82, 2.24) is 10.3 Å². The molecule has 0 radical (unpaired) electrons. The van der Waals surface area contributed by atoms with Gasteiger partial charge < -0.3 is 10.1 Å². The fourth-order valence-electron chi connectivity index (χ4n) is 3.08. The molecule has 0 bridgehead atoms. The summed E-state index contributed by atoms with van der Waals surface area (Å²) in [5.74, 6) is 0.210. The third-order valence-electron chi connectivity index (χ3n) is 4.89. The predicted molar refractivity (Wildman–Crippen MR) is 107 cm³/mol. The highest BCUT2D eigenvalue weighted by Crippen LogP contribution is 2.23. The van der Waals surface area contributed by atoms with Crippen molar-refractivity contribution in [3.8, 4) is 5.88 Å². The van der Waals surface area contributed by atoms with E-state index >= 15 is 0 Å². The van der Waals surface area contributed by atoms with Crippen LogP contribution in [0.5, 0.6) is 5.88 Å². The Hall–Kier alpha value is -2.19. The van der Waals surface area contributed by atoms with Crippen LogP contribution in [0.4, 0.5) is 10.1 Å². The van der Waals surface area contributed by atoms with Gasteiger partial charge in [0.15, 0.2) is 0 Å². The molecule has 2 heterocycles. The number of sulfonamides is 1. The molecule has 2 atom stereocenters. The van der Waals surface area contributed by atoms with Gasteiger partial charge in [0, 0.05) is 18.0 Å². The SMILES string of the molecule is Cc1nc(OCC2CCCN2)ccc1NS(=O)(=O)c1ccc([C@@H](C)CF)cc1. The maximum Gasteiger partial charge on any atom is 0.261 e. The van der Waals surface area contributed by atoms with Crippen LogP contribution in [-0.2, 0) is 10.0 Å². The number of rotatable bonds is 8. The minimum Gasteiger partial charge on any atom is -0.476 e. The Labute approximate surface area is 165 Å². The monoisotopic (exact) mass is 407 g/mol. The highest BCUT2D eigenvalue weighted by molar-refractivity contribution is 7.92. The zero-order chi connectivity index (χ0) is 20.1. The Kier molecular flexibility index (Phi) is 6.51. The lowest BCUT2D eigenvalue weighted by atomic mass is 10.0. The summed E-state index contributed by atoms with van der Waals surface area (Å²) in [5.41, 5.74) is 1.69. The summed E-state index contributed by atoms with van der Waals surface area (Å²) >= 11 is 0. The van der Waals surface area contributed by atoms with Gasteiger partial charge >= 0.3 is 0 Å². The van der Waals surface area contributed by atoms with E-state index < -0.39 is 16.7 Å². The molecule has 2 aromatic rings. The van der Waals surface area contributed by atoms with Crippen LogP contribution in [0.15, 0.2) is 41.3 Å². The average Bonchev–Trinajstić information content (AvgIpc) is 3.21. The summed E-state index contributed by atoms with van der Waals surface area (Å²) in [6.07, 6.45) is 2.23. The van der Waals surface area contributed by atoms with E-state index in [9.17, 15) is 12.8 Å². The summed E-state index contributed by atoms with van der Waals surface area (Å²) in [7, 11) is -3.76. The molecule has 1 aromatic heterocycles. The third kappa shape index (κ3) is 4.99. The summed E-state index contributed by atoms with van der Waals surface area (Å²) in [6.45, 7) is 4.55. The van der Waals surface area contributed by atoms with E-state index in [2.05, 4.69) is 15.0 Å². The molecule has 1 aliphatic heterocycles. The number of nitrogens with zero attached hydrogens (tertiary/aromatic N) is 1. The minimum absolute atomic E-state index is 0.120. The molecular weight excluding hydrogens is 381 g/mol. The number of pyridine rings is 1. The quantitative estimate of drug-likeness (QED) is 0.701. The van der Waals surface area contributed by atoms with E-state index in [-0.39, 0.29) is 10.8 Å². The standard InChI is InChI=1S/C20H26FN3O3S/c1-14(12-21)16-5-7-18(8-6-16)28(25,26)24-19-9-10-20(23-15(19)2)27-13-17-4-3-11-22-17/h5-10,14,17,22,24H,3-4,11-13H2,1-2H3/t14-,17?/m0/s1. The van der Waals surface area contributed by atoms with Gasteiger partial charge in [-0.05, 0) is 50.1 Å².